The van der Waals surface area contributed by atoms with Gasteiger partial charge in [-0.3, -0.25) is 4.79 Å². The molecule has 5 rings (SSSR count). The van der Waals surface area contributed by atoms with Crippen LogP contribution in [0, 0.1) is 0 Å². The number of nitrogens with one attached hydrogen (secondary N) is 3. The molecule has 0 spiro atoms. The molecule has 2 aromatic carbocycles. The van der Waals surface area contributed by atoms with Crippen molar-refractivity contribution < 1.29 is 9.53 Å². The molecule has 37 heavy (non-hydrogen) atoms. The molecule has 0 saturated heterocycles. The van der Waals surface area contributed by atoms with Gasteiger partial charge in [0, 0.05) is 42.8 Å². The molecule has 0 aliphatic rings. The van der Waals surface area contributed by atoms with E-state index in [2.05, 4.69) is 43.8 Å². The normalized spacial score (nSPS) is 10.8. The fourth-order valence-electron chi connectivity index (χ4n) is 4.11. The van der Waals surface area contributed by atoms with E-state index in [1.54, 1.807) is 44.9 Å². The third-order valence-electron chi connectivity index (χ3n) is 5.85. The summed E-state index contributed by atoms with van der Waals surface area (Å²) >= 11 is 0. The molecular formula is C26H25N9O2. The number of benzene rings is 2. The molecule has 0 bridgehead atoms. The van der Waals surface area contributed by atoms with Crippen LogP contribution in [0.25, 0.3) is 27.8 Å². The van der Waals surface area contributed by atoms with Crippen LogP contribution in [0.15, 0.2) is 73.8 Å². The van der Waals surface area contributed by atoms with E-state index in [0.717, 1.165) is 16.5 Å². The van der Waals surface area contributed by atoms with Gasteiger partial charge in [0.2, 0.25) is 11.9 Å². The van der Waals surface area contributed by atoms with Crippen molar-refractivity contribution >= 4 is 39.8 Å². The average molecular weight is 496 g/mol. The number of fused-ring (bicyclic) bond motifs is 1. The van der Waals surface area contributed by atoms with Gasteiger partial charge in [0.1, 0.15) is 17.1 Å². The number of methoxy groups -OCH3 is 1. The molecule has 0 saturated carbocycles. The van der Waals surface area contributed by atoms with Gasteiger partial charge in [-0.2, -0.15) is 10.2 Å². The van der Waals surface area contributed by atoms with E-state index in [-0.39, 0.29) is 5.91 Å². The van der Waals surface area contributed by atoms with Crippen molar-refractivity contribution in [3.8, 4) is 22.7 Å². The third-order valence-corrected chi connectivity index (χ3v) is 5.85. The SMILES string of the molecule is C=CC(=O)Nc1cc(Nc2ncc(-n3nccn3)c(-c3cn(C)c4ccccc34)n2)c(OC)cc1NC. The second-order valence-corrected chi connectivity index (χ2v) is 8.08. The summed E-state index contributed by atoms with van der Waals surface area (Å²) in [6.45, 7) is 3.52. The van der Waals surface area contributed by atoms with E-state index >= 15 is 0 Å². The molecule has 3 aromatic heterocycles. The van der Waals surface area contributed by atoms with Gasteiger partial charge >= 0.3 is 0 Å². The second-order valence-electron chi connectivity index (χ2n) is 8.08. The van der Waals surface area contributed by atoms with Crippen molar-refractivity contribution in [2.45, 2.75) is 0 Å². The van der Waals surface area contributed by atoms with Gasteiger partial charge in [-0.05, 0) is 18.2 Å². The molecule has 11 nitrogen and oxygen atoms in total. The van der Waals surface area contributed by atoms with E-state index in [0.29, 0.717) is 40.1 Å². The molecule has 5 aromatic rings. The van der Waals surface area contributed by atoms with Gasteiger partial charge < -0.3 is 25.3 Å². The summed E-state index contributed by atoms with van der Waals surface area (Å²) in [4.78, 5) is 22.9. The van der Waals surface area contributed by atoms with Gasteiger partial charge in [0.05, 0.1) is 42.8 Å². The maximum atomic E-state index is 12.0. The van der Waals surface area contributed by atoms with Crippen LogP contribution in [0.2, 0.25) is 0 Å². The molecule has 3 N–H and O–H groups in total. The molecule has 0 radical (unpaired) electrons. The number of aryl methyl sites for hydroxylation is 1. The number of amides is 1. The molecule has 186 valence electrons. The van der Waals surface area contributed by atoms with Gasteiger partial charge in [-0.25, -0.2) is 9.97 Å². The van der Waals surface area contributed by atoms with Crippen LogP contribution in [0.1, 0.15) is 0 Å². The van der Waals surface area contributed by atoms with Gasteiger partial charge in [-0.15, -0.1) is 4.80 Å². The van der Waals surface area contributed by atoms with Crippen LogP contribution in [0.5, 0.6) is 5.75 Å². The first-order chi connectivity index (χ1) is 18.0. The van der Waals surface area contributed by atoms with Crippen molar-refractivity contribution in [1.29, 1.82) is 0 Å². The Bertz CT molecular complexity index is 1610. The summed E-state index contributed by atoms with van der Waals surface area (Å²) in [6, 6.07) is 11.6. The zero-order valence-corrected chi connectivity index (χ0v) is 20.6. The van der Waals surface area contributed by atoms with Crippen LogP contribution in [0.3, 0.4) is 0 Å². The number of carbonyl (C=O) groups excluding carboxylic acids is 1. The number of hydrogen-bond donors (Lipinski definition) is 3. The molecule has 11 heteroatoms. The Balaban J connectivity index is 1.63. The van der Waals surface area contributed by atoms with Crippen LogP contribution in [-0.2, 0) is 11.8 Å². The minimum atomic E-state index is -0.335. The highest BCUT2D eigenvalue weighted by Crippen LogP contribution is 2.37. The zero-order chi connectivity index (χ0) is 25.9. The summed E-state index contributed by atoms with van der Waals surface area (Å²) in [5.41, 5.74) is 5.04. The topological polar surface area (TPSA) is 124 Å². The standard InChI is InChI=1S/C26H25N9O2/c1-5-24(36)31-19-12-20(23(37-4)13-18(19)27-2)32-26-28-14-22(35-29-10-11-30-35)25(33-26)17-15-34(3)21-9-7-6-8-16(17)21/h5-15,27H,1H2,2-4H3,(H,31,36)(H,28,32,33). The molecule has 0 aliphatic heterocycles. The summed E-state index contributed by atoms with van der Waals surface area (Å²) in [5.74, 6) is 0.530. The minimum absolute atomic E-state index is 0.329. The molecule has 1 amide bonds. The first-order valence-electron chi connectivity index (χ1n) is 11.4. The number of hydrogen-bond acceptors (Lipinski definition) is 8. The van der Waals surface area contributed by atoms with Crippen molar-refractivity contribution in [3.05, 3.63) is 73.8 Å². The second kappa shape index (κ2) is 9.82. The highest BCUT2D eigenvalue weighted by molar-refractivity contribution is 6.02. The Morgan fingerprint density at radius 1 is 1.11 bits per heavy atom. The lowest BCUT2D eigenvalue weighted by Gasteiger charge is -2.17. The van der Waals surface area contributed by atoms with Crippen molar-refractivity contribution in [2.75, 3.05) is 30.1 Å². The number of aromatic nitrogens is 6. The number of para-hydroxylation sites is 1. The lowest BCUT2D eigenvalue weighted by atomic mass is 10.1. The van der Waals surface area contributed by atoms with E-state index in [1.807, 2.05) is 36.0 Å². The predicted octanol–water partition coefficient (Wildman–Crippen LogP) is 4.13. The van der Waals surface area contributed by atoms with Crippen molar-refractivity contribution in [1.82, 2.24) is 29.5 Å². The van der Waals surface area contributed by atoms with Gasteiger partial charge in [-0.1, -0.05) is 24.8 Å². The summed E-state index contributed by atoms with van der Waals surface area (Å²) in [5, 5.41) is 18.7. The summed E-state index contributed by atoms with van der Waals surface area (Å²) in [7, 11) is 5.31. The zero-order valence-electron chi connectivity index (χ0n) is 20.6. The minimum Gasteiger partial charge on any atom is -0.494 e. The van der Waals surface area contributed by atoms with Crippen molar-refractivity contribution in [2.24, 2.45) is 7.05 Å². The van der Waals surface area contributed by atoms with Crippen LogP contribution < -0.4 is 20.7 Å². The average Bonchev–Trinajstić information content (AvgIpc) is 3.57. The number of ether oxygens (including phenoxy) is 1. The largest absolute Gasteiger partial charge is 0.494 e. The van der Waals surface area contributed by atoms with Crippen molar-refractivity contribution in [3.63, 3.8) is 0 Å². The van der Waals surface area contributed by atoms with Gasteiger partial charge in [0.15, 0.2) is 0 Å². The molecular weight excluding hydrogens is 470 g/mol. The number of nitrogens with zero attached hydrogens (tertiary/aromatic N) is 6. The van der Waals surface area contributed by atoms with E-state index in [1.165, 1.54) is 10.9 Å². The molecule has 0 atom stereocenters. The maximum Gasteiger partial charge on any atom is 0.247 e. The third kappa shape index (κ3) is 4.45. The highest BCUT2D eigenvalue weighted by Gasteiger charge is 2.19. The molecule has 3 heterocycles. The highest BCUT2D eigenvalue weighted by atomic mass is 16.5. The fourth-order valence-corrected chi connectivity index (χ4v) is 4.11. The Morgan fingerprint density at radius 3 is 2.62 bits per heavy atom. The first-order valence-corrected chi connectivity index (χ1v) is 11.4. The van der Waals surface area contributed by atoms with Gasteiger partial charge in [0.25, 0.3) is 0 Å². The maximum absolute atomic E-state index is 12.0. The lowest BCUT2D eigenvalue weighted by Crippen LogP contribution is -2.11. The number of rotatable bonds is 8. The summed E-state index contributed by atoms with van der Waals surface area (Å²) in [6.07, 6.45) is 8.10. The molecule has 0 unspecified atom stereocenters. The monoisotopic (exact) mass is 495 g/mol. The van der Waals surface area contributed by atoms with E-state index in [9.17, 15) is 4.79 Å². The summed E-state index contributed by atoms with van der Waals surface area (Å²) < 4.78 is 7.64. The van der Waals surface area contributed by atoms with E-state index in [4.69, 9.17) is 9.72 Å². The fraction of sp³-hybridized carbons (Fsp3) is 0.115. The Labute approximate surface area is 212 Å². The van der Waals surface area contributed by atoms with Crippen LogP contribution in [-0.4, -0.2) is 49.6 Å². The van der Waals surface area contributed by atoms with Crippen LogP contribution >= 0.6 is 0 Å². The first kappa shape index (κ1) is 23.5. The number of carbonyl (C=O) groups is 1. The Hall–Kier alpha value is -5.19. The van der Waals surface area contributed by atoms with E-state index < -0.39 is 0 Å². The molecule has 0 aliphatic carbocycles. The molecule has 0 fully saturated rings. The lowest BCUT2D eigenvalue weighted by molar-refractivity contribution is -0.111. The van der Waals surface area contributed by atoms with Crippen LogP contribution in [0.4, 0.5) is 23.0 Å². The number of anilines is 4. The smallest absolute Gasteiger partial charge is 0.247 e. The Kier molecular flexibility index (Phi) is 6.25. The predicted molar refractivity (Wildman–Crippen MR) is 144 cm³/mol. The Morgan fingerprint density at radius 2 is 1.89 bits per heavy atom. The quantitative estimate of drug-likeness (QED) is 0.275.